The van der Waals surface area contributed by atoms with Crippen LogP contribution in [0.4, 0.5) is 5.69 Å². The third kappa shape index (κ3) is 4.29. The molecule has 0 amide bonds. The lowest BCUT2D eigenvalue weighted by molar-refractivity contribution is 1.16. The van der Waals surface area contributed by atoms with Crippen molar-refractivity contribution < 1.29 is 0 Å². The van der Waals surface area contributed by atoms with Gasteiger partial charge in [-0.25, -0.2) is 4.98 Å². The molecule has 0 atom stereocenters. The van der Waals surface area contributed by atoms with Crippen LogP contribution in [-0.4, -0.2) is 15.6 Å². The van der Waals surface area contributed by atoms with Crippen LogP contribution in [-0.2, 0) is 12.2 Å². The van der Waals surface area contributed by atoms with Gasteiger partial charge in [0, 0.05) is 28.6 Å². The standard InChI is InChI=1S/C17H14N4S3/c1-12-20-14(10-22-12)11-23-17-15(9-18)16(24-21-17)7-8-19-13-5-3-2-4-6-13/h2-6,8,10H,7,11H2,1H3. The first-order valence-electron chi connectivity index (χ1n) is 7.26. The molecule has 3 rings (SSSR count). The topological polar surface area (TPSA) is 61.9 Å². The summed E-state index contributed by atoms with van der Waals surface area (Å²) in [5.41, 5.74) is 2.61. The van der Waals surface area contributed by atoms with Gasteiger partial charge in [0.05, 0.1) is 16.4 Å². The molecule has 0 aliphatic rings. The van der Waals surface area contributed by atoms with Crippen LogP contribution >= 0.6 is 34.6 Å². The molecule has 0 saturated heterocycles. The fourth-order valence-electron chi connectivity index (χ4n) is 2.02. The quantitative estimate of drug-likeness (QED) is 0.452. The van der Waals surface area contributed by atoms with Gasteiger partial charge in [-0.1, -0.05) is 30.0 Å². The number of hydrogen-bond acceptors (Lipinski definition) is 7. The van der Waals surface area contributed by atoms with Crippen molar-refractivity contribution in [1.82, 2.24) is 9.36 Å². The number of aromatic nitrogens is 2. The lowest BCUT2D eigenvalue weighted by atomic mass is 10.2. The summed E-state index contributed by atoms with van der Waals surface area (Å²) in [7, 11) is 0. The van der Waals surface area contributed by atoms with Crippen molar-refractivity contribution in [2.24, 2.45) is 4.99 Å². The molecule has 2 aromatic heterocycles. The number of benzene rings is 1. The van der Waals surface area contributed by atoms with Gasteiger partial charge in [-0.3, -0.25) is 4.99 Å². The summed E-state index contributed by atoms with van der Waals surface area (Å²) >= 11 is 4.58. The fraction of sp³-hybridized carbons (Fsp3) is 0.176. The largest absolute Gasteiger partial charge is 0.261 e. The number of rotatable bonds is 6. The van der Waals surface area contributed by atoms with Crippen LogP contribution in [0.3, 0.4) is 0 Å². The predicted octanol–water partition coefficient (Wildman–Crippen LogP) is 5.02. The summed E-state index contributed by atoms with van der Waals surface area (Å²) in [5.74, 6) is 0.736. The SMILES string of the molecule is Cc1nc(CSc2nsc(CC=Nc3ccccc3)c2C#N)cs1. The predicted molar refractivity (Wildman–Crippen MR) is 102 cm³/mol. The lowest BCUT2D eigenvalue weighted by Gasteiger charge is -1.96. The molecule has 2 heterocycles. The Hall–Kier alpha value is -2.01. The van der Waals surface area contributed by atoms with Gasteiger partial charge in [0.15, 0.2) is 0 Å². The van der Waals surface area contributed by atoms with E-state index in [-0.39, 0.29) is 0 Å². The number of hydrogen-bond donors (Lipinski definition) is 0. The second-order valence-corrected chi connectivity index (χ2v) is 7.78. The highest BCUT2D eigenvalue weighted by Crippen LogP contribution is 2.30. The van der Waals surface area contributed by atoms with Crippen molar-refractivity contribution >= 4 is 46.5 Å². The highest BCUT2D eigenvalue weighted by atomic mass is 32.2. The van der Waals surface area contributed by atoms with Crippen LogP contribution in [0.15, 0.2) is 45.7 Å². The van der Waals surface area contributed by atoms with E-state index >= 15 is 0 Å². The number of para-hydroxylation sites is 1. The Bertz CT molecular complexity index is 875. The molecule has 3 aromatic rings. The molecule has 0 saturated carbocycles. The molecule has 0 aliphatic heterocycles. The average Bonchev–Trinajstić information content (AvgIpc) is 3.19. The maximum Gasteiger partial charge on any atom is 0.128 e. The monoisotopic (exact) mass is 370 g/mol. The van der Waals surface area contributed by atoms with E-state index in [0.29, 0.717) is 12.0 Å². The molecular weight excluding hydrogens is 356 g/mol. The molecule has 4 nitrogen and oxygen atoms in total. The Labute approximate surface area is 153 Å². The highest BCUT2D eigenvalue weighted by molar-refractivity contribution is 7.98. The highest BCUT2D eigenvalue weighted by Gasteiger charge is 2.14. The van der Waals surface area contributed by atoms with Crippen LogP contribution in [0.5, 0.6) is 0 Å². The molecule has 0 spiro atoms. The van der Waals surface area contributed by atoms with E-state index in [9.17, 15) is 5.26 Å². The van der Waals surface area contributed by atoms with Crippen molar-refractivity contribution in [3.8, 4) is 6.07 Å². The van der Waals surface area contributed by atoms with E-state index < -0.39 is 0 Å². The lowest BCUT2D eigenvalue weighted by Crippen LogP contribution is -1.88. The Balaban J connectivity index is 1.66. The van der Waals surface area contributed by atoms with Crippen molar-refractivity contribution in [2.45, 2.75) is 24.1 Å². The summed E-state index contributed by atoms with van der Waals surface area (Å²) in [6.07, 6.45) is 2.45. The number of aliphatic imine (C=N–C) groups is 1. The van der Waals surface area contributed by atoms with E-state index in [1.54, 1.807) is 23.1 Å². The van der Waals surface area contributed by atoms with Gasteiger partial charge in [-0.2, -0.15) is 9.64 Å². The molecule has 120 valence electrons. The first-order chi connectivity index (χ1) is 11.8. The summed E-state index contributed by atoms with van der Waals surface area (Å²) in [5, 5.41) is 13.3. The molecule has 0 radical (unpaired) electrons. The van der Waals surface area contributed by atoms with E-state index in [4.69, 9.17) is 0 Å². The zero-order valence-corrected chi connectivity index (χ0v) is 15.4. The Morgan fingerprint density at radius 1 is 1.33 bits per heavy atom. The normalized spacial score (nSPS) is 11.0. The fourth-order valence-corrected chi connectivity index (χ4v) is 4.54. The molecule has 1 aromatic carbocycles. The van der Waals surface area contributed by atoms with Gasteiger partial charge in [0.1, 0.15) is 16.7 Å². The average molecular weight is 371 g/mol. The minimum Gasteiger partial charge on any atom is -0.261 e. The van der Waals surface area contributed by atoms with E-state index in [1.165, 1.54) is 11.5 Å². The number of thioether (sulfide) groups is 1. The maximum absolute atomic E-state index is 9.45. The smallest absolute Gasteiger partial charge is 0.128 e. The molecule has 0 bridgehead atoms. The summed E-state index contributed by atoms with van der Waals surface area (Å²) in [6.45, 7) is 1.99. The Morgan fingerprint density at radius 3 is 2.88 bits per heavy atom. The van der Waals surface area contributed by atoms with Crippen molar-refractivity contribution in [1.29, 1.82) is 5.26 Å². The van der Waals surface area contributed by atoms with Crippen molar-refractivity contribution in [3.63, 3.8) is 0 Å². The number of nitrogens with zero attached hydrogens (tertiary/aromatic N) is 4. The zero-order valence-electron chi connectivity index (χ0n) is 13.0. The molecule has 0 fully saturated rings. The third-order valence-electron chi connectivity index (χ3n) is 3.14. The van der Waals surface area contributed by atoms with Crippen LogP contribution < -0.4 is 0 Å². The summed E-state index contributed by atoms with van der Waals surface area (Å²) < 4.78 is 4.43. The molecular formula is C17H14N4S3. The Morgan fingerprint density at radius 2 is 2.17 bits per heavy atom. The summed E-state index contributed by atoms with van der Waals surface area (Å²) in [6, 6.07) is 12.1. The number of aryl methyl sites for hydroxylation is 1. The molecule has 0 N–H and O–H groups in total. The number of nitriles is 1. The second kappa shape index (κ2) is 8.20. The van der Waals surface area contributed by atoms with Gasteiger partial charge in [-0.05, 0) is 30.6 Å². The molecule has 24 heavy (non-hydrogen) atoms. The molecule has 0 aliphatic carbocycles. The minimum atomic E-state index is 0.617. The molecule has 0 unspecified atom stereocenters. The first-order valence-corrected chi connectivity index (χ1v) is 9.90. The van der Waals surface area contributed by atoms with Crippen molar-refractivity contribution in [3.05, 3.63) is 56.9 Å². The third-order valence-corrected chi connectivity index (χ3v) is 5.95. The van der Waals surface area contributed by atoms with E-state index in [2.05, 4.69) is 20.4 Å². The molecule has 7 heteroatoms. The van der Waals surface area contributed by atoms with E-state index in [1.807, 2.05) is 48.9 Å². The van der Waals surface area contributed by atoms with Crippen LogP contribution in [0.1, 0.15) is 21.1 Å². The van der Waals surface area contributed by atoms with E-state index in [0.717, 1.165) is 32.0 Å². The van der Waals surface area contributed by atoms with Crippen LogP contribution in [0, 0.1) is 18.3 Å². The minimum absolute atomic E-state index is 0.617. The maximum atomic E-state index is 9.45. The van der Waals surface area contributed by atoms with Gasteiger partial charge in [-0.15, -0.1) is 11.3 Å². The van der Waals surface area contributed by atoms with Gasteiger partial charge in [0.25, 0.3) is 0 Å². The summed E-state index contributed by atoms with van der Waals surface area (Å²) in [4.78, 5) is 9.80. The zero-order chi connectivity index (χ0) is 16.8. The van der Waals surface area contributed by atoms with Gasteiger partial charge < -0.3 is 0 Å². The second-order valence-electron chi connectivity index (χ2n) is 4.90. The Kier molecular flexibility index (Phi) is 5.75. The van der Waals surface area contributed by atoms with Crippen LogP contribution in [0.2, 0.25) is 0 Å². The van der Waals surface area contributed by atoms with Gasteiger partial charge in [0.2, 0.25) is 0 Å². The van der Waals surface area contributed by atoms with Crippen molar-refractivity contribution in [2.75, 3.05) is 0 Å². The first kappa shape index (κ1) is 16.8. The van der Waals surface area contributed by atoms with Crippen LogP contribution in [0.25, 0.3) is 0 Å². The number of thiazole rings is 1. The van der Waals surface area contributed by atoms with Gasteiger partial charge >= 0.3 is 0 Å².